The number of hydrogen-bond acceptors (Lipinski definition) is 5. The third kappa shape index (κ3) is 4.24. The van der Waals surface area contributed by atoms with E-state index in [0.29, 0.717) is 23.7 Å². The maximum atomic E-state index is 12.8. The molecule has 29 heavy (non-hydrogen) atoms. The molecular formula is C21H20Cl2N2O4. The van der Waals surface area contributed by atoms with Crippen molar-refractivity contribution in [2.75, 3.05) is 27.2 Å². The molecule has 3 rings (SSSR count). The second-order valence-corrected chi connectivity index (χ2v) is 7.83. The number of phenols is 1. The van der Waals surface area contributed by atoms with Crippen LogP contribution in [0.3, 0.4) is 0 Å². The molecule has 0 bridgehead atoms. The van der Waals surface area contributed by atoms with Gasteiger partial charge in [0.2, 0.25) is 0 Å². The highest BCUT2D eigenvalue weighted by Gasteiger charge is 2.45. The molecule has 1 aliphatic rings. The Morgan fingerprint density at radius 3 is 2.31 bits per heavy atom. The molecule has 1 amide bonds. The molecular weight excluding hydrogens is 415 g/mol. The lowest BCUT2D eigenvalue weighted by atomic mass is 9.95. The first kappa shape index (κ1) is 21.2. The van der Waals surface area contributed by atoms with E-state index in [9.17, 15) is 19.8 Å². The Balaban J connectivity index is 2.15. The van der Waals surface area contributed by atoms with Gasteiger partial charge in [-0.3, -0.25) is 9.59 Å². The fourth-order valence-electron chi connectivity index (χ4n) is 3.22. The molecule has 8 heteroatoms. The smallest absolute Gasteiger partial charge is 0.295 e. The van der Waals surface area contributed by atoms with Crippen LogP contribution in [0.2, 0.25) is 10.0 Å². The van der Waals surface area contributed by atoms with E-state index < -0.39 is 17.7 Å². The summed E-state index contributed by atoms with van der Waals surface area (Å²) in [6, 6.07) is 9.89. The molecule has 1 aliphatic heterocycles. The number of likely N-dealkylation sites (tertiary alicyclic amines) is 1. The lowest BCUT2D eigenvalue weighted by molar-refractivity contribution is -0.140. The molecule has 1 heterocycles. The first-order valence-electron chi connectivity index (χ1n) is 8.88. The molecule has 1 unspecified atom stereocenters. The van der Waals surface area contributed by atoms with Crippen LogP contribution in [0, 0.1) is 0 Å². The van der Waals surface area contributed by atoms with Crippen molar-refractivity contribution in [3.63, 3.8) is 0 Å². The van der Waals surface area contributed by atoms with Crippen molar-refractivity contribution in [1.29, 1.82) is 0 Å². The summed E-state index contributed by atoms with van der Waals surface area (Å²) in [7, 11) is 3.73. The summed E-state index contributed by atoms with van der Waals surface area (Å²) < 4.78 is 0. The number of Topliss-reactive ketones (excluding diaryl/α,β-unsaturated/α-hetero) is 1. The van der Waals surface area contributed by atoms with Gasteiger partial charge in [0.05, 0.1) is 21.7 Å². The number of rotatable bonds is 5. The summed E-state index contributed by atoms with van der Waals surface area (Å²) in [4.78, 5) is 28.9. The Bertz CT molecular complexity index is 987. The summed E-state index contributed by atoms with van der Waals surface area (Å²) in [5, 5.41) is 21.1. The van der Waals surface area contributed by atoms with Crippen molar-refractivity contribution in [2.45, 2.75) is 6.04 Å². The van der Waals surface area contributed by atoms with Crippen LogP contribution in [0.15, 0.2) is 48.0 Å². The van der Waals surface area contributed by atoms with Crippen molar-refractivity contribution in [2.24, 2.45) is 0 Å². The van der Waals surface area contributed by atoms with Crippen molar-refractivity contribution in [3.05, 3.63) is 69.2 Å². The minimum Gasteiger partial charge on any atom is -0.508 e. The third-order valence-corrected chi connectivity index (χ3v) is 5.47. The van der Waals surface area contributed by atoms with E-state index in [0.717, 1.165) is 0 Å². The van der Waals surface area contributed by atoms with E-state index in [4.69, 9.17) is 23.2 Å². The standard InChI is InChI=1S/C21H20Cl2N2O4/c1-24(2)9-10-25-18(12-3-6-14(26)7-4-12)17(20(28)21(25)29)19(27)13-5-8-15(22)16(23)11-13/h3-8,11,18,26-27H,9-10H2,1-2H3/b19-17-. The van der Waals surface area contributed by atoms with Gasteiger partial charge < -0.3 is 20.0 Å². The third-order valence-electron chi connectivity index (χ3n) is 4.73. The average Bonchev–Trinajstić information content (AvgIpc) is 2.93. The topological polar surface area (TPSA) is 81.1 Å². The van der Waals surface area contributed by atoms with Gasteiger partial charge in [-0.25, -0.2) is 0 Å². The van der Waals surface area contributed by atoms with Gasteiger partial charge in [-0.2, -0.15) is 0 Å². The van der Waals surface area contributed by atoms with Crippen LogP contribution < -0.4 is 0 Å². The van der Waals surface area contributed by atoms with Crippen molar-refractivity contribution in [3.8, 4) is 5.75 Å². The number of hydrogen-bond donors (Lipinski definition) is 2. The summed E-state index contributed by atoms with van der Waals surface area (Å²) in [5.41, 5.74) is 0.856. The van der Waals surface area contributed by atoms with Crippen LogP contribution in [-0.4, -0.2) is 58.9 Å². The average molecular weight is 435 g/mol. The Morgan fingerprint density at radius 1 is 1.07 bits per heavy atom. The van der Waals surface area contributed by atoms with Gasteiger partial charge in [0.25, 0.3) is 11.7 Å². The minimum absolute atomic E-state index is 0.0298. The molecule has 1 fully saturated rings. The van der Waals surface area contributed by atoms with Gasteiger partial charge in [-0.05, 0) is 50.0 Å². The molecule has 6 nitrogen and oxygen atoms in total. The summed E-state index contributed by atoms with van der Waals surface area (Å²) in [5.74, 6) is -1.73. The van der Waals surface area contributed by atoms with Gasteiger partial charge in [0.15, 0.2) is 0 Å². The van der Waals surface area contributed by atoms with E-state index in [1.807, 2.05) is 19.0 Å². The van der Waals surface area contributed by atoms with Crippen LogP contribution in [0.25, 0.3) is 5.76 Å². The fourth-order valence-corrected chi connectivity index (χ4v) is 3.52. The summed E-state index contributed by atoms with van der Waals surface area (Å²) in [6.45, 7) is 0.829. The van der Waals surface area contributed by atoms with Crippen LogP contribution in [0.1, 0.15) is 17.2 Å². The maximum absolute atomic E-state index is 12.8. The quantitative estimate of drug-likeness (QED) is 0.426. The number of nitrogens with zero attached hydrogens (tertiary/aromatic N) is 2. The number of carbonyl (C=O) groups is 2. The lowest BCUT2D eigenvalue weighted by Crippen LogP contribution is -2.35. The van der Waals surface area contributed by atoms with Gasteiger partial charge >= 0.3 is 0 Å². The van der Waals surface area contributed by atoms with Gasteiger partial charge in [0, 0.05) is 18.7 Å². The predicted octanol–water partition coefficient (Wildman–Crippen LogP) is 3.68. The molecule has 1 atom stereocenters. The lowest BCUT2D eigenvalue weighted by Gasteiger charge is -2.26. The van der Waals surface area contributed by atoms with Gasteiger partial charge in [0.1, 0.15) is 11.5 Å². The zero-order valence-corrected chi connectivity index (χ0v) is 17.4. The van der Waals surface area contributed by atoms with Crippen molar-refractivity contribution < 1.29 is 19.8 Å². The van der Waals surface area contributed by atoms with Crippen LogP contribution in [0.5, 0.6) is 5.75 Å². The highest BCUT2D eigenvalue weighted by Crippen LogP contribution is 2.40. The Hall–Kier alpha value is -2.54. The molecule has 0 aromatic heterocycles. The zero-order valence-electron chi connectivity index (χ0n) is 15.9. The number of aromatic hydroxyl groups is 1. The molecule has 1 saturated heterocycles. The highest BCUT2D eigenvalue weighted by molar-refractivity contribution is 6.46. The SMILES string of the molecule is CN(C)CCN1C(=O)C(=O)/C(=C(\O)c2ccc(Cl)c(Cl)c2)C1c1ccc(O)cc1. The first-order chi connectivity index (χ1) is 13.7. The van der Waals surface area contributed by atoms with E-state index in [1.54, 1.807) is 12.1 Å². The molecule has 0 spiro atoms. The number of carbonyl (C=O) groups excluding carboxylic acids is 2. The molecule has 2 aromatic rings. The normalized spacial score (nSPS) is 18.7. The van der Waals surface area contributed by atoms with Gasteiger partial charge in [-0.1, -0.05) is 35.3 Å². The van der Waals surface area contributed by atoms with Crippen LogP contribution >= 0.6 is 23.2 Å². The summed E-state index contributed by atoms with van der Waals surface area (Å²) in [6.07, 6.45) is 0. The zero-order chi connectivity index (χ0) is 21.3. The Kier molecular flexibility index (Phi) is 6.17. The molecule has 152 valence electrons. The van der Waals surface area contributed by atoms with Crippen LogP contribution in [0.4, 0.5) is 0 Å². The fraction of sp³-hybridized carbons (Fsp3) is 0.238. The van der Waals surface area contributed by atoms with E-state index >= 15 is 0 Å². The minimum atomic E-state index is -0.787. The summed E-state index contributed by atoms with van der Waals surface area (Å²) >= 11 is 12.0. The van der Waals surface area contributed by atoms with Crippen molar-refractivity contribution in [1.82, 2.24) is 9.80 Å². The molecule has 2 N–H and O–H groups in total. The number of ketones is 1. The number of aliphatic hydroxyl groups is 1. The molecule has 2 aromatic carbocycles. The van der Waals surface area contributed by atoms with E-state index in [2.05, 4.69) is 0 Å². The maximum Gasteiger partial charge on any atom is 0.295 e. The number of likely N-dealkylation sites (N-methyl/N-ethyl adjacent to an activating group) is 1. The predicted molar refractivity (Wildman–Crippen MR) is 112 cm³/mol. The monoisotopic (exact) mass is 434 g/mol. The molecule has 0 aliphatic carbocycles. The number of amides is 1. The highest BCUT2D eigenvalue weighted by atomic mass is 35.5. The number of phenolic OH excluding ortho intramolecular Hbond substituents is 1. The van der Waals surface area contributed by atoms with E-state index in [-0.39, 0.29) is 27.7 Å². The second-order valence-electron chi connectivity index (χ2n) is 7.02. The largest absolute Gasteiger partial charge is 0.508 e. The number of benzene rings is 2. The second kappa shape index (κ2) is 8.45. The molecule has 0 saturated carbocycles. The number of aliphatic hydroxyl groups excluding tert-OH is 1. The van der Waals surface area contributed by atoms with Gasteiger partial charge in [-0.15, -0.1) is 0 Å². The first-order valence-corrected chi connectivity index (χ1v) is 9.63. The van der Waals surface area contributed by atoms with Crippen LogP contribution in [-0.2, 0) is 9.59 Å². The molecule has 0 radical (unpaired) electrons. The number of halogens is 2. The Morgan fingerprint density at radius 2 is 1.72 bits per heavy atom. The van der Waals surface area contributed by atoms with E-state index in [1.165, 1.54) is 35.2 Å². The van der Waals surface area contributed by atoms with Crippen molar-refractivity contribution >= 4 is 40.7 Å². The Labute approximate surface area is 178 Å².